The van der Waals surface area contributed by atoms with Gasteiger partial charge in [0.05, 0.1) is 0 Å². The Balaban J connectivity index is 2.04. The number of nitrogens with one attached hydrogen (secondary N) is 1. The molecule has 1 N–H and O–H groups in total. The Bertz CT molecular complexity index is 416. The van der Waals surface area contributed by atoms with Crippen molar-refractivity contribution in [2.45, 2.75) is 56.6 Å². The molecule has 3 unspecified atom stereocenters. The molecule has 1 fully saturated rings. The van der Waals surface area contributed by atoms with Gasteiger partial charge in [0.1, 0.15) is 0 Å². The lowest BCUT2D eigenvalue weighted by atomic mass is 9.97. The molecule has 0 aromatic heterocycles. The molecule has 21 heavy (non-hydrogen) atoms. The van der Waals surface area contributed by atoms with Crippen LogP contribution in [0.15, 0.2) is 24.3 Å². The van der Waals surface area contributed by atoms with E-state index in [1.807, 2.05) is 0 Å². The second-order valence-corrected chi connectivity index (χ2v) is 8.95. The van der Waals surface area contributed by atoms with Crippen molar-refractivity contribution in [1.82, 2.24) is 5.32 Å². The van der Waals surface area contributed by atoms with E-state index in [1.165, 1.54) is 22.6 Å². The second-order valence-electron chi connectivity index (χ2n) is 6.18. The molecular weight excluding hydrogens is 294 g/mol. The zero-order chi connectivity index (χ0) is 15.2. The van der Waals surface area contributed by atoms with Gasteiger partial charge in [-0.2, -0.15) is 23.5 Å². The molecule has 1 heterocycles. The van der Waals surface area contributed by atoms with Gasteiger partial charge in [0, 0.05) is 28.0 Å². The normalized spacial score (nSPS) is 24.2. The highest BCUT2D eigenvalue weighted by molar-refractivity contribution is 8.07. The predicted octanol–water partition coefficient (Wildman–Crippen LogP) is 4.57. The van der Waals surface area contributed by atoms with E-state index in [0.717, 1.165) is 23.5 Å². The summed E-state index contributed by atoms with van der Waals surface area (Å²) in [6.45, 7) is 10.2. The Labute approximate surface area is 139 Å². The first-order valence-electron chi connectivity index (χ1n) is 8.17. The Kier molecular flexibility index (Phi) is 6.97. The summed E-state index contributed by atoms with van der Waals surface area (Å²) in [5.74, 6) is 3.23. The topological polar surface area (TPSA) is 12.0 Å². The molecule has 0 aliphatic carbocycles. The Morgan fingerprint density at radius 1 is 1.14 bits per heavy atom. The van der Waals surface area contributed by atoms with E-state index < -0.39 is 0 Å². The van der Waals surface area contributed by atoms with Crippen LogP contribution >= 0.6 is 23.5 Å². The summed E-state index contributed by atoms with van der Waals surface area (Å²) in [6, 6.07) is 9.84. The van der Waals surface area contributed by atoms with E-state index in [9.17, 15) is 0 Å². The first-order valence-corrected chi connectivity index (χ1v) is 10.3. The third-order valence-electron chi connectivity index (χ3n) is 4.20. The fourth-order valence-electron chi connectivity index (χ4n) is 2.95. The number of hydrogen-bond donors (Lipinski definition) is 1. The summed E-state index contributed by atoms with van der Waals surface area (Å²) < 4.78 is 0. The first kappa shape index (κ1) is 17.2. The lowest BCUT2D eigenvalue weighted by Gasteiger charge is -2.35. The molecule has 0 bridgehead atoms. The molecule has 3 heteroatoms. The van der Waals surface area contributed by atoms with Gasteiger partial charge in [0.15, 0.2) is 0 Å². The van der Waals surface area contributed by atoms with Crippen molar-refractivity contribution in [2.24, 2.45) is 0 Å². The van der Waals surface area contributed by atoms with Crippen LogP contribution in [0, 0.1) is 0 Å². The lowest BCUT2D eigenvalue weighted by molar-refractivity contribution is 0.501. The van der Waals surface area contributed by atoms with Crippen molar-refractivity contribution in [1.29, 1.82) is 0 Å². The molecule has 0 saturated carbocycles. The van der Waals surface area contributed by atoms with E-state index in [-0.39, 0.29) is 0 Å². The maximum absolute atomic E-state index is 3.73. The van der Waals surface area contributed by atoms with Crippen LogP contribution in [-0.4, -0.2) is 34.6 Å². The third-order valence-corrected chi connectivity index (χ3v) is 7.45. The van der Waals surface area contributed by atoms with Crippen LogP contribution in [-0.2, 0) is 6.42 Å². The van der Waals surface area contributed by atoms with Gasteiger partial charge in [-0.3, -0.25) is 0 Å². The molecule has 118 valence electrons. The van der Waals surface area contributed by atoms with Crippen molar-refractivity contribution in [3.63, 3.8) is 0 Å². The molecule has 2 rings (SSSR count). The van der Waals surface area contributed by atoms with Crippen LogP contribution in [0.1, 0.15) is 44.7 Å². The summed E-state index contributed by atoms with van der Waals surface area (Å²) in [7, 11) is 0. The minimum absolute atomic E-state index is 0.590. The average molecular weight is 324 g/mol. The van der Waals surface area contributed by atoms with Crippen LogP contribution in [0.3, 0.4) is 0 Å². The summed E-state index contributed by atoms with van der Waals surface area (Å²) in [5, 5.41) is 5.22. The second kappa shape index (κ2) is 8.50. The number of hydrogen-bond acceptors (Lipinski definition) is 3. The number of benzene rings is 1. The van der Waals surface area contributed by atoms with Gasteiger partial charge < -0.3 is 5.32 Å². The quantitative estimate of drug-likeness (QED) is 0.824. The fourth-order valence-corrected chi connectivity index (χ4v) is 5.91. The highest BCUT2D eigenvalue weighted by Gasteiger charge is 2.29. The van der Waals surface area contributed by atoms with E-state index in [4.69, 9.17) is 0 Å². The van der Waals surface area contributed by atoms with Crippen LogP contribution in [0.25, 0.3) is 0 Å². The van der Waals surface area contributed by atoms with Crippen molar-refractivity contribution >= 4 is 23.5 Å². The molecule has 0 radical (unpaired) electrons. The molecular formula is C18H29NS2. The number of thioether (sulfide) groups is 2. The summed E-state index contributed by atoms with van der Waals surface area (Å²) in [5.41, 5.74) is 2.91. The van der Waals surface area contributed by atoms with Gasteiger partial charge in [0.2, 0.25) is 0 Å². The Hall–Kier alpha value is -0.120. The van der Waals surface area contributed by atoms with E-state index in [1.54, 1.807) is 0 Å². The molecule has 1 saturated heterocycles. The molecule has 0 amide bonds. The standard InChI is InChI=1S/C18H29NS2/c1-5-19-17(18-14(4)20-10-11-21-18)12-15-6-8-16(9-7-15)13(2)3/h6-9,13-14,17-19H,5,10-12H2,1-4H3. The fraction of sp³-hybridized carbons (Fsp3) is 0.667. The molecule has 1 nitrogen and oxygen atoms in total. The van der Waals surface area contributed by atoms with Crippen LogP contribution in [0.5, 0.6) is 0 Å². The zero-order valence-electron chi connectivity index (χ0n) is 13.8. The highest BCUT2D eigenvalue weighted by atomic mass is 32.2. The SMILES string of the molecule is CCNC(Cc1ccc(C(C)C)cc1)C1SCCSC1C. The summed E-state index contributed by atoms with van der Waals surface area (Å²) in [6.07, 6.45) is 1.15. The number of likely N-dealkylation sites (N-methyl/N-ethyl adjacent to an activating group) is 1. The monoisotopic (exact) mass is 323 g/mol. The smallest absolute Gasteiger partial charge is 0.0320 e. The molecule has 3 atom stereocenters. The third kappa shape index (κ3) is 4.94. The minimum Gasteiger partial charge on any atom is -0.313 e. The van der Waals surface area contributed by atoms with Crippen LogP contribution in [0.4, 0.5) is 0 Å². The Morgan fingerprint density at radius 2 is 1.81 bits per heavy atom. The van der Waals surface area contributed by atoms with Gasteiger partial charge in [-0.05, 0) is 30.0 Å². The number of rotatable bonds is 6. The average Bonchev–Trinajstić information content (AvgIpc) is 2.48. The maximum atomic E-state index is 3.73. The maximum Gasteiger partial charge on any atom is 0.0320 e. The van der Waals surface area contributed by atoms with Gasteiger partial charge in [-0.15, -0.1) is 0 Å². The van der Waals surface area contributed by atoms with E-state index >= 15 is 0 Å². The van der Waals surface area contributed by atoms with Gasteiger partial charge >= 0.3 is 0 Å². The molecule has 0 spiro atoms. The largest absolute Gasteiger partial charge is 0.313 e. The first-order chi connectivity index (χ1) is 10.1. The van der Waals surface area contributed by atoms with Crippen LogP contribution < -0.4 is 5.32 Å². The van der Waals surface area contributed by atoms with Gasteiger partial charge in [0.25, 0.3) is 0 Å². The Morgan fingerprint density at radius 3 is 2.38 bits per heavy atom. The van der Waals surface area contributed by atoms with E-state index in [0.29, 0.717) is 12.0 Å². The van der Waals surface area contributed by atoms with Gasteiger partial charge in [-0.1, -0.05) is 52.0 Å². The molecule has 1 aliphatic heterocycles. The van der Waals surface area contributed by atoms with Crippen molar-refractivity contribution in [2.75, 3.05) is 18.1 Å². The van der Waals surface area contributed by atoms with Crippen molar-refractivity contribution in [3.8, 4) is 0 Å². The summed E-state index contributed by atoms with van der Waals surface area (Å²) in [4.78, 5) is 0. The lowest BCUT2D eigenvalue weighted by Crippen LogP contribution is -2.45. The van der Waals surface area contributed by atoms with Gasteiger partial charge in [-0.25, -0.2) is 0 Å². The highest BCUT2D eigenvalue weighted by Crippen LogP contribution is 2.34. The predicted molar refractivity (Wildman–Crippen MR) is 99.9 cm³/mol. The molecule has 1 aromatic rings. The van der Waals surface area contributed by atoms with Crippen molar-refractivity contribution in [3.05, 3.63) is 35.4 Å². The zero-order valence-corrected chi connectivity index (χ0v) is 15.4. The summed E-state index contributed by atoms with van der Waals surface area (Å²) >= 11 is 4.30. The van der Waals surface area contributed by atoms with E-state index in [2.05, 4.69) is 80.8 Å². The van der Waals surface area contributed by atoms with Crippen molar-refractivity contribution < 1.29 is 0 Å². The molecule has 1 aliphatic rings. The molecule has 1 aromatic carbocycles. The minimum atomic E-state index is 0.590. The van der Waals surface area contributed by atoms with Crippen LogP contribution in [0.2, 0.25) is 0 Å².